The number of rotatable bonds is 13. The molecule has 1 aliphatic heterocycles. The number of unbranched alkanes of at least 4 members (excludes halogenated alkanes) is 2. The van der Waals surface area contributed by atoms with E-state index in [0.29, 0.717) is 42.5 Å². The van der Waals surface area contributed by atoms with Crippen LogP contribution in [0.3, 0.4) is 0 Å². The van der Waals surface area contributed by atoms with Crippen molar-refractivity contribution < 1.29 is 37.0 Å². The molecule has 2 heterocycles. The van der Waals surface area contributed by atoms with Crippen LogP contribution in [0.4, 0.5) is 18.0 Å². The Kier molecular flexibility index (Phi) is 11.2. The van der Waals surface area contributed by atoms with E-state index >= 15 is 0 Å². The fourth-order valence-corrected chi connectivity index (χ4v) is 6.49. The van der Waals surface area contributed by atoms with Crippen molar-refractivity contribution in [1.82, 2.24) is 20.2 Å². The molecule has 0 spiro atoms. The smallest absolute Gasteiger partial charge is 0.422 e. The van der Waals surface area contributed by atoms with Crippen LogP contribution in [0.1, 0.15) is 92.7 Å². The second-order valence-electron chi connectivity index (χ2n) is 15.0. The Morgan fingerprint density at radius 2 is 1.85 bits per heavy atom. The molecule has 266 valence electrons. The first kappa shape index (κ1) is 37.2. The fraction of sp³-hybridized carbons (Fsp3) is 0.686. The molecule has 2 aromatic rings. The fourth-order valence-electron chi connectivity index (χ4n) is 6.49. The number of amides is 2. The van der Waals surface area contributed by atoms with E-state index in [0.717, 1.165) is 25.7 Å². The third-order valence-electron chi connectivity index (χ3n) is 9.50. The number of fused-ring (bicyclic) bond motifs is 1. The summed E-state index contributed by atoms with van der Waals surface area (Å²) in [5.41, 5.74) is -0.510. The lowest BCUT2D eigenvalue weighted by molar-refractivity contribution is -0.153. The Labute approximate surface area is 279 Å². The van der Waals surface area contributed by atoms with Gasteiger partial charge < -0.3 is 24.7 Å². The van der Waals surface area contributed by atoms with Crippen LogP contribution in [0, 0.1) is 23.2 Å². The highest BCUT2D eigenvalue weighted by atomic mass is 19.4. The summed E-state index contributed by atoms with van der Waals surface area (Å²) < 4.78 is 47.9. The maximum atomic E-state index is 13.8. The normalized spacial score (nSPS) is 23.3. The van der Waals surface area contributed by atoms with Gasteiger partial charge in [0.1, 0.15) is 23.1 Å². The Balaban J connectivity index is 1.24. The molecule has 1 saturated carbocycles. The highest BCUT2D eigenvalue weighted by Crippen LogP contribution is 2.49. The van der Waals surface area contributed by atoms with Crippen molar-refractivity contribution in [1.29, 1.82) is 0 Å². The third kappa shape index (κ3) is 9.28. The SMILES string of the molecule is CC(C)C(=O)C1C(C)CCN1C(=O)C(NC(=O)OC1(C)CC1CCCCCc1nc2ccc(OCC(F)(F)F)cc2[nH]c1=O)C(C)(C)C. The number of aromatic nitrogens is 2. The van der Waals surface area contributed by atoms with Crippen molar-refractivity contribution in [2.24, 2.45) is 23.2 Å². The van der Waals surface area contributed by atoms with E-state index in [1.807, 2.05) is 48.5 Å². The molecule has 4 rings (SSSR count). The number of alkyl carbamates (subject to hydrolysis) is 1. The van der Waals surface area contributed by atoms with E-state index in [1.165, 1.54) is 18.2 Å². The van der Waals surface area contributed by atoms with Gasteiger partial charge in [0, 0.05) is 24.4 Å². The Morgan fingerprint density at radius 1 is 1.15 bits per heavy atom. The van der Waals surface area contributed by atoms with Crippen molar-refractivity contribution in [2.45, 2.75) is 117 Å². The zero-order chi connectivity index (χ0) is 35.6. The Hall–Kier alpha value is -3.64. The molecule has 2 aliphatic rings. The number of hydrogen-bond acceptors (Lipinski definition) is 7. The number of H-pyrrole nitrogens is 1. The van der Waals surface area contributed by atoms with Crippen molar-refractivity contribution >= 4 is 28.8 Å². The quantitative estimate of drug-likeness (QED) is 0.236. The van der Waals surface area contributed by atoms with Gasteiger partial charge in [-0.05, 0) is 62.5 Å². The van der Waals surface area contributed by atoms with Gasteiger partial charge in [0.15, 0.2) is 12.4 Å². The van der Waals surface area contributed by atoms with Crippen LogP contribution >= 0.6 is 0 Å². The van der Waals surface area contributed by atoms with Gasteiger partial charge in [-0.15, -0.1) is 0 Å². The lowest BCUT2D eigenvalue weighted by Crippen LogP contribution is -2.57. The summed E-state index contributed by atoms with van der Waals surface area (Å²) in [6.07, 6.45) is 0.0130. The van der Waals surface area contributed by atoms with Crippen molar-refractivity contribution in [2.75, 3.05) is 13.2 Å². The summed E-state index contributed by atoms with van der Waals surface area (Å²) in [4.78, 5) is 61.1. The number of nitrogens with one attached hydrogen (secondary N) is 2. The first-order valence-electron chi connectivity index (χ1n) is 16.9. The molecule has 10 nitrogen and oxygen atoms in total. The average molecular weight is 679 g/mol. The first-order chi connectivity index (χ1) is 22.3. The minimum absolute atomic E-state index is 0.00857. The number of benzene rings is 1. The Morgan fingerprint density at radius 3 is 2.50 bits per heavy atom. The highest BCUT2D eigenvalue weighted by Gasteiger charge is 2.54. The maximum absolute atomic E-state index is 13.8. The second kappa shape index (κ2) is 14.5. The lowest BCUT2D eigenvalue weighted by atomic mass is 9.85. The summed E-state index contributed by atoms with van der Waals surface area (Å²) in [7, 11) is 0. The molecule has 13 heteroatoms. The summed E-state index contributed by atoms with van der Waals surface area (Å²) in [5, 5.41) is 2.83. The van der Waals surface area contributed by atoms with E-state index in [4.69, 9.17) is 9.47 Å². The molecule has 0 bridgehead atoms. The molecule has 5 unspecified atom stereocenters. The van der Waals surface area contributed by atoms with Gasteiger partial charge in [0.05, 0.1) is 17.1 Å². The van der Waals surface area contributed by atoms with Crippen LogP contribution in [0.15, 0.2) is 23.0 Å². The van der Waals surface area contributed by atoms with E-state index < -0.39 is 47.5 Å². The van der Waals surface area contributed by atoms with Gasteiger partial charge in [0.25, 0.3) is 5.56 Å². The summed E-state index contributed by atoms with van der Waals surface area (Å²) in [6, 6.07) is 2.88. The summed E-state index contributed by atoms with van der Waals surface area (Å²) in [6.45, 7) is 12.2. The molecule has 0 radical (unpaired) electrons. The third-order valence-corrected chi connectivity index (χ3v) is 9.50. The first-order valence-corrected chi connectivity index (χ1v) is 16.9. The largest absolute Gasteiger partial charge is 0.484 e. The second-order valence-corrected chi connectivity index (χ2v) is 15.0. The molecule has 48 heavy (non-hydrogen) atoms. The van der Waals surface area contributed by atoms with Gasteiger partial charge in [-0.3, -0.25) is 14.4 Å². The standard InChI is InChI=1S/C35H49F3N4O6/c1-20(2)28(43)27-21(3)15-16-42(27)31(45)29(33(4,5)6)41-32(46)48-34(7)18-22(34)11-9-8-10-12-25-30(44)40-26-17-23(13-14-24(26)39-25)47-19-35(36,37)38/h13-14,17,20-22,27,29H,8-12,15-16,18-19H2,1-7H3,(H,40,44)(H,41,46). The van der Waals surface area contributed by atoms with Crippen LogP contribution in [-0.2, 0) is 20.7 Å². The molecule has 5 atom stereocenters. The molecule has 1 saturated heterocycles. The average Bonchev–Trinajstić information content (AvgIpc) is 3.44. The van der Waals surface area contributed by atoms with Gasteiger partial charge >= 0.3 is 12.3 Å². The number of alkyl halides is 3. The molecular formula is C35H49F3N4O6. The number of halogens is 3. The van der Waals surface area contributed by atoms with Crippen molar-refractivity contribution in [3.05, 3.63) is 34.2 Å². The molecule has 2 N–H and O–H groups in total. The van der Waals surface area contributed by atoms with E-state index in [9.17, 15) is 32.3 Å². The number of carbonyl (C=O) groups excluding carboxylic acids is 3. The predicted molar refractivity (Wildman–Crippen MR) is 175 cm³/mol. The number of nitrogens with zero attached hydrogens (tertiary/aromatic N) is 2. The van der Waals surface area contributed by atoms with E-state index in [-0.39, 0.29) is 35.2 Å². The molecule has 2 fully saturated rings. The molecular weight excluding hydrogens is 629 g/mol. The summed E-state index contributed by atoms with van der Waals surface area (Å²) >= 11 is 0. The van der Waals surface area contributed by atoms with E-state index in [1.54, 1.807) is 4.90 Å². The minimum atomic E-state index is -4.46. The van der Waals surface area contributed by atoms with Crippen LogP contribution in [-0.4, -0.2) is 69.7 Å². The van der Waals surface area contributed by atoms with E-state index in [2.05, 4.69) is 15.3 Å². The molecule has 1 aromatic heterocycles. The van der Waals surface area contributed by atoms with Crippen molar-refractivity contribution in [3.8, 4) is 5.75 Å². The number of hydrogen-bond donors (Lipinski definition) is 2. The van der Waals surface area contributed by atoms with Gasteiger partial charge in [-0.2, -0.15) is 13.2 Å². The number of aromatic amines is 1. The number of likely N-dealkylation sites (tertiary alicyclic amines) is 1. The Bertz CT molecular complexity index is 1550. The lowest BCUT2D eigenvalue weighted by Gasteiger charge is -2.36. The molecule has 2 amide bonds. The number of ether oxygens (including phenoxy) is 2. The summed E-state index contributed by atoms with van der Waals surface area (Å²) in [5.74, 6) is -0.206. The highest BCUT2D eigenvalue weighted by molar-refractivity contribution is 5.94. The van der Waals surface area contributed by atoms with Crippen LogP contribution < -0.4 is 15.6 Å². The van der Waals surface area contributed by atoms with Crippen molar-refractivity contribution in [3.63, 3.8) is 0 Å². The number of carbonyl (C=O) groups is 3. The molecule has 1 aromatic carbocycles. The van der Waals surface area contributed by atoms with Crippen LogP contribution in [0.25, 0.3) is 11.0 Å². The topological polar surface area (TPSA) is 131 Å². The van der Waals surface area contributed by atoms with Gasteiger partial charge in [-0.1, -0.05) is 54.4 Å². The number of ketones is 1. The van der Waals surface area contributed by atoms with Crippen LogP contribution in [0.5, 0.6) is 5.75 Å². The zero-order valence-corrected chi connectivity index (χ0v) is 29.0. The molecule has 1 aliphatic carbocycles. The predicted octanol–water partition coefficient (Wildman–Crippen LogP) is 6.35. The van der Waals surface area contributed by atoms with Crippen LogP contribution in [0.2, 0.25) is 0 Å². The monoisotopic (exact) mass is 678 g/mol. The zero-order valence-electron chi connectivity index (χ0n) is 29.0. The minimum Gasteiger partial charge on any atom is -0.484 e. The van der Waals surface area contributed by atoms with Gasteiger partial charge in [0.2, 0.25) is 5.91 Å². The number of Topliss-reactive ketones (excluding diaryl/α,β-unsaturated/α-hetero) is 1. The maximum Gasteiger partial charge on any atom is 0.422 e. The van der Waals surface area contributed by atoms with Gasteiger partial charge in [-0.25, -0.2) is 9.78 Å². The number of aryl methyl sites for hydroxylation is 1.